The third-order valence-electron chi connectivity index (χ3n) is 5.47. The lowest BCUT2D eigenvalue weighted by atomic mass is 10.1. The number of nitro groups is 1. The normalized spacial score (nSPS) is 15.3. The van der Waals surface area contributed by atoms with Crippen LogP contribution >= 0.6 is 0 Å². The van der Waals surface area contributed by atoms with E-state index in [9.17, 15) is 28.1 Å². The van der Waals surface area contributed by atoms with Gasteiger partial charge in [0.05, 0.1) is 16.0 Å². The Morgan fingerprint density at radius 2 is 1.79 bits per heavy atom. The number of hydrogen-bond donors (Lipinski definition) is 3. The fourth-order valence-corrected chi connectivity index (χ4v) is 3.68. The summed E-state index contributed by atoms with van der Waals surface area (Å²) in [5, 5.41) is 26.7. The number of alkyl halides is 3. The monoisotopic (exact) mass is 476 g/mol. The Morgan fingerprint density at radius 1 is 1.12 bits per heavy atom. The molecule has 34 heavy (non-hydrogen) atoms. The van der Waals surface area contributed by atoms with E-state index in [4.69, 9.17) is 5.11 Å². The van der Waals surface area contributed by atoms with Crippen LogP contribution in [0.4, 0.5) is 36.3 Å². The zero-order valence-corrected chi connectivity index (χ0v) is 17.5. The molecular formula is C21H19F3N6O4. The largest absolute Gasteiger partial charge is 0.478 e. The van der Waals surface area contributed by atoms with E-state index in [-0.39, 0.29) is 55.0 Å². The number of rotatable bonds is 6. The number of benzene rings is 2. The molecule has 2 heterocycles. The third-order valence-corrected chi connectivity index (χ3v) is 5.47. The maximum absolute atomic E-state index is 12.9. The molecule has 0 bridgehead atoms. The molecule has 1 aliphatic rings. The maximum atomic E-state index is 12.9. The van der Waals surface area contributed by atoms with Gasteiger partial charge in [-0.05, 0) is 43.2 Å². The second-order valence-corrected chi connectivity index (χ2v) is 7.74. The van der Waals surface area contributed by atoms with Crippen LogP contribution in [0.2, 0.25) is 0 Å². The summed E-state index contributed by atoms with van der Waals surface area (Å²) < 4.78 is 38.6. The van der Waals surface area contributed by atoms with Gasteiger partial charge in [-0.15, -0.1) is 0 Å². The van der Waals surface area contributed by atoms with Crippen molar-refractivity contribution in [2.75, 3.05) is 23.7 Å². The fourth-order valence-electron chi connectivity index (χ4n) is 3.68. The number of carbonyl (C=O) groups is 1. The van der Waals surface area contributed by atoms with Crippen molar-refractivity contribution in [1.82, 2.24) is 14.9 Å². The Hall–Kier alpha value is -4.00. The molecule has 178 valence electrons. The SMILES string of the molecule is O=C(O)c1ccc(Nc2nc(NC3CCN(C(F)(F)F)CC3)nc3ccc([N+](=O)[O-])cc23)cc1. The third kappa shape index (κ3) is 5.14. The molecule has 1 aliphatic heterocycles. The Balaban J connectivity index is 1.63. The molecule has 0 saturated carbocycles. The van der Waals surface area contributed by atoms with Crippen molar-refractivity contribution in [3.05, 3.63) is 58.1 Å². The number of halogens is 3. The first kappa shape index (κ1) is 23.2. The van der Waals surface area contributed by atoms with Crippen molar-refractivity contribution < 1.29 is 28.0 Å². The van der Waals surface area contributed by atoms with Crippen LogP contribution in [0.1, 0.15) is 23.2 Å². The van der Waals surface area contributed by atoms with E-state index in [1.807, 2.05) is 0 Å². The predicted molar refractivity (Wildman–Crippen MR) is 117 cm³/mol. The zero-order chi connectivity index (χ0) is 24.5. The van der Waals surface area contributed by atoms with Crippen molar-refractivity contribution in [3.8, 4) is 0 Å². The number of nitrogens with zero attached hydrogens (tertiary/aromatic N) is 4. The van der Waals surface area contributed by atoms with E-state index < -0.39 is 17.2 Å². The van der Waals surface area contributed by atoms with Crippen LogP contribution in [-0.4, -0.2) is 56.3 Å². The molecule has 0 spiro atoms. The van der Waals surface area contributed by atoms with E-state index in [1.54, 1.807) is 0 Å². The first-order chi connectivity index (χ1) is 16.1. The molecule has 0 unspecified atom stereocenters. The number of carboxylic acid groups (broad SMARTS) is 1. The number of aromatic carboxylic acids is 1. The average Bonchev–Trinajstić information content (AvgIpc) is 2.79. The number of anilines is 3. The highest BCUT2D eigenvalue weighted by Crippen LogP contribution is 2.30. The van der Waals surface area contributed by atoms with Gasteiger partial charge in [0.2, 0.25) is 5.95 Å². The summed E-state index contributed by atoms with van der Waals surface area (Å²) in [6.07, 6.45) is -3.90. The fraction of sp³-hybridized carbons (Fsp3) is 0.286. The molecule has 0 aliphatic carbocycles. The van der Waals surface area contributed by atoms with Crippen LogP contribution < -0.4 is 10.6 Å². The van der Waals surface area contributed by atoms with E-state index in [0.29, 0.717) is 21.5 Å². The van der Waals surface area contributed by atoms with Crippen LogP contribution in [0.15, 0.2) is 42.5 Å². The number of nitro benzene ring substituents is 1. The quantitative estimate of drug-likeness (QED) is 0.269. The van der Waals surface area contributed by atoms with Crippen molar-refractivity contribution >= 4 is 40.0 Å². The molecule has 1 saturated heterocycles. The molecule has 3 aromatic rings. The molecule has 1 aromatic heterocycles. The summed E-state index contributed by atoms with van der Waals surface area (Å²) in [5.74, 6) is -0.693. The summed E-state index contributed by atoms with van der Waals surface area (Å²) in [4.78, 5) is 31.0. The number of likely N-dealkylation sites (tertiary alicyclic amines) is 1. The standard InChI is InChI=1S/C21H19F3N6O4/c22-21(23,24)29-9-7-14(8-10-29)26-20-27-17-6-5-15(30(33)34)11-16(17)18(28-20)25-13-3-1-12(2-4-13)19(31)32/h1-6,11,14H,7-10H2,(H,31,32)(H2,25,26,27,28). The van der Waals surface area contributed by atoms with Crippen LogP contribution in [0.25, 0.3) is 10.9 Å². The van der Waals surface area contributed by atoms with Crippen LogP contribution in [0, 0.1) is 10.1 Å². The lowest BCUT2D eigenvalue weighted by Gasteiger charge is -2.33. The number of aromatic nitrogens is 2. The van der Waals surface area contributed by atoms with E-state index in [0.717, 1.165) is 0 Å². The lowest BCUT2D eigenvalue weighted by molar-refractivity contribution is -0.384. The first-order valence-corrected chi connectivity index (χ1v) is 10.2. The summed E-state index contributed by atoms with van der Waals surface area (Å²) in [7, 11) is 0. The second kappa shape index (κ2) is 9.09. The molecular weight excluding hydrogens is 457 g/mol. The van der Waals surface area contributed by atoms with Gasteiger partial charge in [0.25, 0.3) is 5.69 Å². The van der Waals surface area contributed by atoms with Gasteiger partial charge in [-0.2, -0.15) is 18.2 Å². The van der Waals surface area contributed by atoms with Gasteiger partial charge in [-0.3, -0.25) is 10.1 Å². The zero-order valence-electron chi connectivity index (χ0n) is 17.5. The number of carboxylic acids is 1. The van der Waals surface area contributed by atoms with Gasteiger partial charge in [0.15, 0.2) is 0 Å². The second-order valence-electron chi connectivity index (χ2n) is 7.74. The van der Waals surface area contributed by atoms with Gasteiger partial charge >= 0.3 is 12.3 Å². The predicted octanol–water partition coefficient (Wildman–Crippen LogP) is 4.38. The summed E-state index contributed by atoms with van der Waals surface area (Å²) >= 11 is 0. The Labute approximate surface area is 190 Å². The summed E-state index contributed by atoms with van der Waals surface area (Å²) in [6.45, 7) is -0.302. The van der Waals surface area contributed by atoms with Crippen molar-refractivity contribution in [2.45, 2.75) is 25.2 Å². The van der Waals surface area contributed by atoms with Crippen LogP contribution in [-0.2, 0) is 0 Å². The van der Waals surface area contributed by atoms with Gasteiger partial charge < -0.3 is 15.7 Å². The van der Waals surface area contributed by atoms with E-state index in [2.05, 4.69) is 20.6 Å². The van der Waals surface area contributed by atoms with Crippen molar-refractivity contribution in [2.24, 2.45) is 0 Å². The molecule has 3 N–H and O–H groups in total. The van der Waals surface area contributed by atoms with Crippen LogP contribution in [0.3, 0.4) is 0 Å². The first-order valence-electron chi connectivity index (χ1n) is 10.2. The molecule has 0 atom stereocenters. The molecule has 0 amide bonds. The van der Waals surface area contributed by atoms with Crippen LogP contribution in [0.5, 0.6) is 0 Å². The highest BCUT2D eigenvalue weighted by molar-refractivity contribution is 5.93. The maximum Gasteiger partial charge on any atom is 0.459 e. The molecule has 1 fully saturated rings. The molecule has 2 aromatic carbocycles. The Morgan fingerprint density at radius 3 is 2.38 bits per heavy atom. The molecule has 13 heteroatoms. The topological polar surface area (TPSA) is 134 Å². The smallest absolute Gasteiger partial charge is 0.459 e. The van der Waals surface area contributed by atoms with Gasteiger partial charge in [-0.25, -0.2) is 14.7 Å². The molecule has 10 nitrogen and oxygen atoms in total. The van der Waals surface area contributed by atoms with Gasteiger partial charge in [0, 0.05) is 42.3 Å². The molecule has 4 rings (SSSR count). The minimum atomic E-state index is -4.37. The number of piperidine rings is 1. The highest BCUT2D eigenvalue weighted by Gasteiger charge is 2.39. The number of hydrogen-bond acceptors (Lipinski definition) is 8. The highest BCUT2D eigenvalue weighted by atomic mass is 19.4. The number of fused-ring (bicyclic) bond motifs is 1. The van der Waals surface area contributed by atoms with Gasteiger partial charge in [-0.1, -0.05) is 0 Å². The van der Waals surface area contributed by atoms with Crippen molar-refractivity contribution in [1.29, 1.82) is 0 Å². The molecule has 0 radical (unpaired) electrons. The lowest BCUT2D eigenvalue weighted by Crippen LogP contribution is -2.46. The van der Waals surface area contributed by atoms with E-state index in [1.165, 1.54) is 42.5 Å². The van der Waals surface area contributed by atoms with E-state index >= 15 is 0 Å². The number of nitrogens with one attached hydrogen (secondary N) is 2. The summed E-state index contributed by atoms with van der Waals surface area (Å²) in [6, 6.07) is 9.63. The number of non-ortho nitro benzene ring substituents is 1. The Bertz CT molecular complexity index is 1230. The van der Waals surface area contributed by atoms with Gasteiger partial charge in [0.1, 0.15) is 5.82 Å². The average molecular weight is 476 g/mol. The minimum absolute atomic E-state index is 0.0845. The summed E-state index contributed by atoms with van der Waals surface area (Å²) in [5.41, 5.74) is 0.795. The Kier molecular flexibility index (Phi) is 6.20. The van der Waals surface area contributed by atoms with Crippen molar-refractivity contribution in [3.63, 3.8) is 0 Å². The minimum Gasteiger partial charge on any atom is -0.478 e.